The number of rotatable bonds is 6. The molecule has 0 aliphatic rings. The molecule has 5 aromatic rings. The first-order valence-corrected chi connectivity index (χ1v) is 11.9. The van der Waals surface area contributed by atoms with E-state index in [1.165, 1.54) is 0 Å². The highest BCUT2D eigenvalue weighted by molar-refractivity contribution is 7.92. The molecule has 3 heterocycles. The predicted octanol–water partition coefficient (Wildman–Crippen LogP) is 4.22. The van der Waals surface area contributed by atoms with E-state index in [0.717, 1.165) is 23.1 Å². The van der Waals surface area contributed by atoms with Gasteiger partial charge in [0.2, 0.25) is 0 Å². The third kappa shape index (κ3) is 4.18. The van der Waals surface area contributed by atoms with E-state index < -0.39 is 10.0 Å². The molecule has 0 fully saturated rings. The monoisotopic (exact) mass is 456 g/mol. The second-order valence-electron chi connectivity index (χ2n) is 7.43. The Bertz CT molecular complexity index is 1510. The Hall–Kier alpha value is -4.11. The maximum Gasteiger partial charge on any atom is 0.261 e. The van der Waals surface area contributed by atoms with Crippen molar-refractivity contribution in [2.45, 2.75) is 18.2 Å². The molecular weight excluding hydrogens is 436 g/mol. The summed E-state index contributed by atoms with van der Waals surface area (Å²) >= 11 is 0. The van der Waals surface area contributed by atoms with Crippen molar-refractivity contribution in [1.82, 2.24) is 24.8 Å². The van der Waals surface area contributed by atoms with Crippen LogP contribution in [0.4, 0.5) is 5.69 Å². The molecule has 5 rings (SSSR count). The molecule has 0 spiro atoms. The fourth-order valence-electron chi connectivity index (χ4n) is 3.45. The number of aromatic nitrogens is 5. The van der Waals surface area contributed by atoms with Crippen LogP contribution < -0.4 is 4.72 Å². The molecule has 0 atom stereocenters. The molecule has 8 nitrogen and oxygen atoms in total. The number of nitrogens with zero attached hydrogens (tertiary/aromatic N) is 5. The minimum Gasteiger partial charge on any atom is -0.280 e. The number of sulfonamides is 1. The molecule has 164 valence electrons. The maximum atomic E-state index is 12.7. The molecular formula is C24H20N6O2S. The second-order valence-corrected chi connectivity index (χ2v) is 9.12. The van der Waals surface area contributed by atoms with Crippen molar-refractivity contribution in [2.75, 3.05) is 4.72 Å². The minimum absolute atomic E-state index is 0.228. The lowest BCUT2D eigenvalue weighted by Crippen LogP contribution is -2.12. The summed E-state index contributed by atoms with van der Waals surface area (Å²) in [5.41, 5.74) is 4.53. The number of aryl methyl sites for hydroxylation is 1. The molecule has 0 aliphatic heterocycles. The summed E-state index contributed by atoms with van der Waals surface area (Å²) in [7, 11) is -3.67. The number of anilines is 1. The van der Waals surface area contributed by atoms with Gasteiger partial charge in [0.1, 0.15) is 0 Å². The molecule has 0 amide bonds. The molecule has 0 bridgehead atoms. The van der Waals surface area contributed by atoms with Crippen molar-refractivity contribution in [3.63, 3.8) is 0 Å². The third-order valence-electron chi connectivity index (χ3n) is 5.26. The van der Waals surface area contributed by atoms with Gasteiger partial charge in [-0.05, 0) is 60.5 Å². The van der Waals surface area contributed by atoms with Crippen LogP contribution in [0, 0.1) is 0 Å². The Morgan fingerprint density at radius 2 is 1.67 bits per heavy atom. The smallest absolute Gasteiger partial charge is 0.261 e. The number of fused-ring (bicyclic) bond motifs is 1. The molecule has 0 unspecified atom stereocenters. The van der Waals surface area contributed by atoms with Crippen molar-refractivity contribution in [2.24, 2.45) is 0 Å². The number of hydrogen-bond donors (Lipinski definition) is 1. The Kier molecular flexibility index (Phi) is 5.31. The summed E-state index contributed by atoms with van der Waals surface area (Å²) in [6.45, 7) is 2.03. The van der Waals surface area contributed by atoms with Gasteiger partial charge in [0, 0.05) is 29.2 Å². The molecule has 0 saturated heterocycles. The maximum absolute atomic E-state index is 12.7. The first-order valence-electron chi connectivity index (χ1n) is 10.4. The zero-order chi connectivity index (χ0) is 22.8. The molecule has 0 saturated carbocycles. The molecule has 1 N–H and O–H groups in total. The van der Waals surface area contributed by atoms with Gasteiger partial charge < -0.3 is 0 Å². The summed E-state index contributed by atoms with van der Waals surface area (Å²) in [5, 5.41) is 13.1. The van der Waals surface area contributed by atoms with Crippen molar-refractivity contribution in [3.05, 3.63) is 90.8 Å². The first kappa shape index (κ1) is 20.8. The minimum atomic E-state index is -3.67. The fourth-order valence-corrected chi connectivity index (χ4v) is 4.50. The van der Waals surface area contributed by atoms with Crippen LogP contribution in [0.5, 0.6) is 0 Å². The summed E-state index contributed by atoms with van der Waals surface area (Å²) in [4.78, 5) is 4.36. The van der Waals surface area contributed by atoms with Crippen molar-refractivity contribution < 1.29 is 8.42 Å². The third-order valence-corrected chi connectivity index (χ3v) is 6.65. The number of nitrogens with one attached hydrogen (secondary N) is 1. The number of hydrogen-bond acceptors (Lipinski definition) is 6. The van der Waals surface area contributed by atoms with Crippen LogP contribution in [0.2, 0.25) is 0 Å². The molecule has 2 aromatic carbocycles. The molecule has 3 aromatic heterocycles. The highest BCUT2D eigenvalue weighted by Crippen LogP contribution is 2.23. The van der Waals surface area contributed by atoms with Gasteiger partial charge >= 0.3 is 0 Å². The molecule has 0 aliphatic carbocycles. The summed E-state index contributed by atoms with van der Waals surface area (Å²) in [5.74, 6) is 0.596. The van der Waals surface area contributed by atoms with Crippen LogP contribution in [0.1, 0.15) is 12.5 Å². The van der Waals surface area contributed by atoms with Crippen LogP contribution in [0.15, 0.2) is 90.1 Å². The van der Waals surface area contributed by atoms with Gasteiger partial charge in [0.15, 0.2) is 11.5 Å². The van der Waals surface area contributed by atoms with Gasteiger partial charge in [-0.15, -0.1) is 10.2 Å². The average molecular weight is 457 g/mol. The number of pyridine rings is 1. The lowest BCUT2D eigenvalue weighted by molar-refractivity contribution is 0.601. The van der Waals surface area contributed by atoms with Gasteiger partial charge in [-0.25, -0.2) is 8.42 Å². The Morgan fingerprint density at radius 1 is 0.879 bits per heavy atom. The lowest BCUT2D eigenvalue weighted by Gasteiger charge is -2.09. The van der Waals surface area contributed by atoms with Crippen LogP contribution in [0.25, 0.3) is 28.3 Å². The van der Waals surface area contributed by atoms with E-state index >= 15 is 0 Å². The normalized spacial score (nSPS) is 11.5. The number of benzene rings is 2. The predicted molar refractivity (Wildman–Crippen MR) is 126 cm³/mol. The molecule has 0 radical (unpaired) electrons. The zero-order valence-corrected chi connectivity index (χ0v) is 18.6. The van der Waals surface area contributed by atoms with Gasteiger partial charge in [-0.3, -0.25) is 9.71 Å². The Morgan fingerprint density at radius 3 is 2.36 bits per heavy atom. The molecule has 9 heteroatoms. The van der Waals surface area contributed by atoms with E-state index in [1.807, 2.05) is 55.5 Å². The average Bonchev–Trinajstić information content (AvgIpc) is 3.28. The SMILES string of the molecule is CCc1ccc(S(=O)(=O)Nc2ccc(-c3ccc4nnc(-c5cccnc5)n4n3)cc2)cc1. The van der Waals surface area contributed by atoms with Gasteiger partial charge in [-0.1, -0.05) is 31.2 Å². The van der Waals surface area contributed by atoms with E-state index in [0.29, 0.717) is 22.9 Å². The zero-order valence-electron chi connectivity index (χ0n) is 17.8. The van der Waals surface area contributed by atoms with Crippen LogP contribution >= 0.6 is 0 Å². The van der Waals surface area contributed by atoms with Gasteiger partial charge in [0.25, 0.3) is 10.0 Å². The van der Waals surface area contributed by atoms with Crippen LogP contribution in [-0.2, 0) is 16.4 Å². The van der Waals surface area contributed by atoms with Gasteiger partial charge in [-0.2, -0.15) is 9.61 Å². The van der Waals surface area contributed by atoms with Gasteiger partial charge in [0.05, 0.1) is 10.6 Å². The largest absolute Gasteiger partial charge is 0.280 e. The summed E-state index contributed by atoms with van der Waals surface area (Å²) < 4.78 is 29.7. The highest BCUT2D eigenvalue weighted by Gasteiger charge is 2.15. The van der Waals surface area contributed by atoms with Crippen molar-refractivity contribution in [1.29, 1.82) is 0 Å². The van der Waals surface area contributed by atoms with Crippen molar-refractivity contribution in [3.8, 4) is 22.6 Å². The standard InChI is InChI=1S/C24H20N6O2S/c1-2-17-5-11-21(12-6-17)33(31,32)29-20-9-7-18(8-10-20)22-13-14-23-26-27-24(30(23)28-22)19-4-3-15-25-16-19/h3-16,29H,2H2,1H3. The fraction of sp³-hybridized carbons (Fsp3) is 0.0833. The van der Waals surface area contributed by atoms with E-state index in [1.54, 1.807) is 41.2 Å². The molecule has 33 heavy (non-hydrogen) atoms. The van der Waals surface area contributed by atoms with E-state index in [2.05, 4.69) is 25.0 Å². The van der Waals surface area contributed by atoms with Crippen LogP contribution in [0.3, 0.4) is 0 Å². The van der Waals surface area contributed by atoms with E-state index in [9.17, 15) is 8.42 Å². The topological polar surface area (TPSA) is 102 Å². The van der Waals surface area contributed by atoms with E-state index in [4.69, 9.17) is 0 Å². The summed E-state index contributed by atoms with van der Waals surface area (Å²) in [6, 6.07) is 21.4. The second kappa shape index (κ2) is 8.44. The Balaban J connectivity index is 1.41. The lowest BCUT2D eigenvalue weighted by atomic mass is 10.1. The quantitative estimate of drug-likeness (QED) is 0.411. The van der Waals surface area contributed by atoms with Crippen molar-refractivity contribution >= 4 is 21.4 Å². The summed E-state index contributed by atoms with van der Waals surface area (Å²) in [6.07, 6.45) is 4.26. The highest BCUT2D eigenvalue weighted by atomic mass is 32.2. The first-order chi connectivity index (χ1) is 16.0. The van der Waals surface area contributed by atoms with E-state index in [-0.39, 0.29) is 4.90 Å². The Labute approximate surface area is 191 Å². The van der Waals surface area contributed by atoms with Crippen LogP contribution in [-0.4, -0.2) is 33.2 Å².